The van der Waals surface area contributed by atoms with E-state index in [9.17, 15) is 0 Å². The van der Waals surface area contributed by atoms with Crippen molar-refractivity contribution in [1.82, 2.24) is 14.8 Å². The third-order valence-corrected chi connectivity index (χ3v) is 4.81. The number of hydrogen-bond acceptors (Lipinski definition) is 3. The average molecular weight is 343 g/mol. The zero-order valence-corrected chi connectivity index (χ0v) is 15.2. The molecule has 24 heavy (non-hydrogen) atoms. The SMILES string of the molecule is C#Cc1cccc(N2CCCC2c2c(C)nn(CC(C)C)c2Cl)n1. The number of aromatic nitrogens is 3. The van der Waals surface area contributed by atoms with Crippen molar-refractivity contribution < 1.29 is 0 Å². The van der Waals surface area contributed by atoms with Crippen LogP contribution >= 0.6 is 11.6 Å². The van der Waals surface area contributed by atoms with Gasteiger partial charge in [-0.15, -0.1) is 6.42 Å². The summed E-state index contributed by atoms with van der Waals surface area (Å²) in [6, 6.07) is 6.04. The highest BCUT2D eigenvalue weighted by molar-refractivity contribution is 6.30. The first-order valence-corrected chi connectivity index (χ1v) is 8.82. The number of terminal acetylenes is 1. The average Bonchev–Trinajstić information content (AvgIpc) is 3.12. The predicted molar refractivity (Wildman–Crippen MR) is 98.3 cm³/mol. The summed E-state index contributed by atoms with van der Waals surface area (Å²) in [5.41, 5.74) is 2.80. The lowest BCUT2D eigenvalue weighted by Gasteiger charge is -2.26. The van der Waals surface area contributed by atoms with Crippen LogP contribution in [0.15, 0.2) is 18.2 Å². The largest absolute Gasteiger partial charge is 0.349 e. The molecule has 1 unspecified atom stereocenters. The first-order chi connectivity index (χ1) is 11.5. The zero-order valence-electron chi connectivity index (χ0n) is 14.5. The van der Waals surface area contributed by atoms with Gasteiger partial charge < -0.3 is 4.90 Å². The molecular formula is C19H23ClN4. The number of pyridine rings is 1. The highest BCUT2D eigenvalue weighted by Crippen LogP contribution is 2.40. The Bertz CT molecular complexity index is 772. The fourth-order valence-corrected chi connectivity index (χ4v) is 3.79. The minimum absolute atomic E-state index is 0.207. The maximum Gasteiger partial charge on any atom is 0.132 e. The number of rotatable bonds is 4. The summed E-state index contributed by atoms with van der Waals surface area (Å²) in [7, 11) is 0. The van der Waals surface area contributed by atoms with Gasteiger partial charge in [-0.3, -0.25) is 4.68 Å². The second-order valence-electron chi connectivity index (χ2n) is 6.74. The van der Waals surface area contributed by atoms with Gasteiger partial charge in [-0.2, -0.15) is 5.10 Å². The van der Waals surface area contributed by atoms with Crippen LogP contribution in [0, 0.1) is 25.2 Å². The van der Waals surface area contributed by atoms with Gasteiger partial charge in [0.05, 0.1) is 11.7 Å². The molecule has 0 saturated carbocycles. The van der Waals surface area contributed by atoms with Gasteiger partial charge in [0.15, 0.2) is 0 Å². The molecule has 1 atom stereocenters. The minimum Gasteiger partial charge on any atom is -0.349 e. The molecule has 4 nitrogen and oxygen atoms in total. The molecule has 3 heterocycles. The maximum atomic E-state index is 6.69. The van der Waals surface area contributed by atoms with E-state index < -0.39 is 0 Å². The Morgan fingerprint density at radius 2 is 2.21 bits per heavy atom. The van der Waals surface area contributed by atoms with Crippen molar-refractivity contribution >= 4 is 17.4 Å². The van der Waals surface area contributed by atoms with Crippen LogP contribution in [0.5, 0.6) is 0 Å². The topological polar surface area (TPSA) is 34.0 Å². The van der Waals surface area contributed by atoms with Gasteiger partial charge in [-0.1, -0.05) is 37.4 Å². The summed E-state index contributed by atoms with van der Waals surface area (Å²) in [6.07, 6.45) is 7.66. The maximum absolute atomic E-state index is 6.69. The van der Waals surface area contributed by atoms with Gasteiger partial charge >= 0.3 is 0 Å². The van der Waals surface area contributed by atoms with E-state index in [0.29, 0.717) is 11.6 Å². The van der Waals surface area contributed by atoms with E-state index >= 15 is 0 Å². The number of anilines is 1. The number of nitrogens with zero attached hydrogens (tertiary/aromatic N) is 4. The lowest BCUT2D eigenvalue weighted by atomic mass is 10.1. The van der Waals surface area contributed by atoms with Crippen LogP contribution in [-0.4, -0.2) is 21.3 Å². The molecule has 5 heteroatoms. The van der Waals surface area contributed by atoms with E-state index in [4.69, 9.17) is 18.0 Å². The van der Waals surface area contributed by atoms with Crippen molar-refractivity contribution in [1.29, 1.82) is 0 Å². The fourth-order valence-electron chi connectivity index (χ4n) is 3.42. The number of halogens is 1. The lowest BCUT2D eigenvalue weighted by molar-refractivity contribution is 0.481. The third-order valence-electron chi connectivity index (χ3n) is 4.41. The molecule has 126 valence electrons. The van der Waals surface area contributed by atoms with E-state index in [1.165, 1.54) is 0 Å². The Labute approximate surface area is 148 Å². The second-order valence-corrected chi connectivity index (χ2v) is 7.10. The molecule has 1 aliphatic rings. The van der Waals surface area contributed by atoms with E-state index in [-0.39, 0.29) is 6.04 Å². The number of aryl methyl sites for hydroxylation is 1. The standard InChI is InChI=1S/C19H23ClN4/c1-5-15-8-6-10-17(21-15)23-11-7-9-16(23)18-14(4)22-24(19(18)20)12-13(2)3/h1,6,8,10,13,16H,7,9,11-12H2,2-4H3. The van der Waals surface area contributed by atoms with E-state index in [0.717, 1.165) is 48.2 Å². The first-order valence-electron chi connectivity index (χ1n) is 8.44. The summed E-state index contributed by atoms with van der Waals surface area (Å²) in [5, 5.41) is 5.42. The van der Waals surface area contributed by atoms with Crippen molar-refractivity contribution in [3.8, 4) is 12.3 Å². The Kier molecular flexibility index (Phi) is 4.82. The Morgan fingerprint density at radius 1 is 1.42 bits per heavy atom. The van der Waals surface area contributed by atoms with Crippen molar-refractivity contribution in [2.45, 2.75) is 46.2 Å². The predicted octanol–water partition coefficient (Wildman–Crippen LogP) is 4.22. The lowest BCUT2D eigenvalue weighted by Crippen LogP contribution is -2.24. The van der Waals surface area contributed by atoms with E-state index in [2.05, 4.69) is 34.8 Å². The highest BCUT2D eigenvalue weighted by atomic mass is 35.5. The Hall–Kier alpha value is -1.99. The molecule has 2 aromatic heterocycles. The summed E-state index contributed by atoms with van der Waals surface area (Å²) < 4.78 is 1.93. The van der Waals surface area contributed by atoms with Crippen LogP contribution in [-0.2, 0) is 6.54 Å². The molecule has 0 bridgehead atoms. The Balaban J connectivity index is 1.96. The normalized spacial score (nSPS) is 17.5. The van der Waals surface area contributed by atoms with E-state index in [1.807, 2.05) is 29.8 Å². The smallest absolute Gasteiger partial charge is 0.132 e. The fraction of sp³-hybridized carbons (Fsp3) is 0.474. The summed E-state index contributed by atoms with van der Waals surface area (Å²) in [5.74, 6) is 4.03. The van der Waals surface area contributed by atoms with Gasteiger partial charge in [0.1, 0.15) is 16.7 Å². The van der Waals surface area contributed by atoms with Crippen molar-refractivity contribution in [2.24, 2.45) is 5.92 Å². The summed E-state index contributed by atoms with van der Waals surface area (Å²) in [4.78, 5) is 6.89. The molecular weight excluding hydrogens is 320 g/mol. The third kappa shape index (κ3) is 3.14. The summed E-state index contributed by atoms with van der Waals surface area (Å²) in [6.45, 7) is 8.17. The molecule has 0 amide bonds. The molecule has 0 aliphatic carbocycles. The Morgan fingerprint density at radius 3 is 2.92 bits per heavy atom. The minimum atomic E-state index is 0.207. The molecule has 0 aromatic carbocycles. The van der Waals surface area contributed by atoms with Crippen LogP contribution in [0.4, 0.5) is 5.82 Å². The molecule has 0 radical (unpaired) electrons. The van der Waals surface area contributed by atoms with Gasteiger partial charge in [0.25, 0.3) is 0 Å². The van der Waals surface area contributed by atoms with Crippen molar-refractivity contribution in [3.63, 3.8) is 0 Å². The van der Waals surface area contributed by atoms with Gasteiger partial charge in [-0.25, -0.2) is 4.98 Å². The molecule has 0 N–H and O–H groups in total. The molecule has 1 aliphatic heterocycles. The zero-order chi connectivity index (χ0) is 17.3. The quantitative estimate of drug-likeness (QED) is 0.780. The van der Waals surface area contributed by atoms with Gasteiger partial charge in [-0.05, 0) is 37.8 Å². The van der Waals surface area contributed by atoms with Gasteiger partial charge in [0, 0.05) is 18.7 Å². The molecule has 0 spiro atoms. The monoisotopic (exact) mass is 342 g/mol. The first kappa shape index (κ1) is 16.9. The van der Waals surface area contributed by atoms with Crippen molar-refractivity contribution in [2.75, 3.05) is 11.4 Å². The molecule has 1 fully saturated rings. The molecule has 2 aromatic rings. The summed E-state index contributed by atoms with van der Waals surface area (Å²) >= 11 is 6.69. The van der Waals surface area contributed by atoms with Crippen LogP contribution in [0.3, 0.4) is 0 Å². The van der Waals surface area contributed by atoms with Gasteiger partial charge in [0.2, 0.25) is 0 Å². The second kappa shape index (κ2) is 6.86. The van der Waals surface area contributed by atoms with E-state index in [1.54, 1.807) is 0 Å². The van der Waals surface area contributed by atoms with Crippen molar-refractivity contribution in [3.05, 3.63) is 40.3 Å². The van der Waals surface area contributed by atoms with Crippen LogP contribution in [0.1, 0.15) is 49.7 Å². The highest BCUT2D eigenvalue weighted by Gasteiger charge is 2.32. The molecule has 3 rings (SSSR count). The van der Waals surface area contributed by atoms with Crippen LogP contribution in [0.25, 0.3) is 0 Å². The number of hydrogen-bond donors (Lipinski definition) is 0. The van der Waals surface area contributed by atoms with Crippen LogP contribution < -0.4 is 4.90 Å². The van der Waals surface area contributed by atoms with Crippen LogP contribution in [0.2, 0.25) is 5.15 Å². The molecule has 1 saturated heterocycles.